The summed E-state index contributed by atoms with van der Waals surface area (Å²) in [6.45, 7) is 8.64. The molecule has 0 radical (unpaired) electrons. The zero-order chi connectivity index (χ0) is 13.9. The SMILES string of the molecule is CC(CC(=O)c1cccc(Cl)c1Cl)CC(C)(C)C. The quantitative estimate of drug-likeness (QED) is 0.655. The molecule has 1 atom stereocenters. The number of hydrogen-bond acceptors (Lipinski definition) is 1. The first-order valence-corrected chi connectivity index (χ1v) is 6.93. The highest BCUT2D eigenvalue weighted by Crippen LogP contribution is 2.30. The number of ketones is 1. The number of rotatable bonds is 4. The Morgan fingerprint density at radius 2 is 1.89 bits per heavy atom. The predicted octanol–water partition coefficient (Wildman–Crippen LogP) is 5.64. The summed E-state index contributed by atoms with van der Waals surface area (Å²) in [5.74, 6) is 0.409. The Labute approximate surface area is 119 Å². The van der Waals surface area contributed by atoms with E-state index in [-0.39, 0.29) is 11.2 Å². The van der Waals surface area contributed by atoms with Gasteiger partial charge in [0.25, 0.3) is 0 Å². The standard InChI is InChI=1S/C15H20Cl2O/c1-10(9-15(2,3)4)8-13(18)11-6-5-7-12(16)14(11)17/h5-7,10H,8-9H2,1-4H3. The van der Waals surface area contributed by atoms with E-state index in [1.54, 1.807) is 18.2 Å². The van der Waals surface area contributed by atoms with Crippen molar-refractivity contribution in [1.82, 2.24) is 0 Å². The van der Waals surface area contributed by atoms with Crippen LogP contribution in [0.5, 0.6) is 0 Å². The third-order valence-corrected chi connectivity index (χ3v) is 3.57. The summed E-state index contributed by atoms with van der Waals surface area (Å²) in [5, 5.41) is 0.804. The highest BCUT2D eigenvalue weighted by atomic mass is 35.5. The lowest BCUT2D eigenvalue weighted by Gasteiger charge is -2.22. The van der Waals surface area contributed by atoms with Gasteiger partial charge in [-0.1, -0.05) is 57.0 Å². The molecular formula is C15H20Cl2O. The van der Waals surface area contributed by atoms with E-state index in [1.807, 2.05) is 0 Å². The number of carbonyl (C=O) groups is 1. The molecule has 0 saturated heterocycles. The molecule has 18 heavy (non-hydrogen) atoms. The molecule has 0 spiro atoms. The Morgan fingerprint density at radius 3 is 2.44 bits per heavy atom. The van der Waals surface area contributed by atoms with Crippen molar-refractivity contribution in [3.05, 3.63) is 33.8 Å². The molecule has 0 heterocycles. The second kappa shape index (κ2) is 6.08. The summed E-state index contributed by atoms with van der Waals surface area (Å²) in [7, 11) is 0. The van der Waals surface area contributed by atoms with Crippen LogP contribution < -0.4 is 0 Å². The maximum atomic E-state index is 12.2. The van der Waals surface area contributed by atoms with Crippen molar-refractivity contribution in [2.45, 2.75) is 40.5 Å². The van der Waals surface area contributed by atoms with Crippen molar-refractivity contribution in [2.75, 3.05) is 0 Å². The van der Waals surface area contributed by atoms with Crippen molar-refractivity contribution in [3.8, 4) is 0 Å². The van der Waals surface area contributed by atoms with E-state index >= 15 is 0 Å². The van der Waals surface area contributed by atoms with Crippen LogP contribution in [-0.4, -0.2) is 5.78 Å². The molecular weight excluding hydrogens is 267 g/mol. The van der Waals surface area contributed by atoms with E-state index in [0.717, 1.165) is 6.42 Å². The number of hydrogen-bond donors (Lipinski definition) is 0. The van der Waals surface area contributed by atoms with E-state index in [9.17, 15) is 4.79 Å². The smallest absolute Gasteiger partial charge is 0.164 e. The van der Waals surface area contributed by atoms with Crippen LogP contribution in [0.1, 0.15) is 50.9 Å². The van der Waals surface area contributed by atoms with Gasteiger partial charge in [0.15, 0.2) is 5.78 Å². The van der Waals surface area contributed by atoms with Crippen LogP contribution in [0.25, 0.3) is 0 Å². The normalized spacial score (nSPS) is 13.4. The molecule has 3 heteroatoms. The maximum absolute atomic E-state index is 12.2. The van der Waals surface area contributed by atoms with Gasteiger partial charge in [-0.3, -0.25) is 4.79 Å². The van der Waals surface area contributed by atoms with Crippen molar-refractivity contribution >= 4 is 29.0 Å². The van der Waals surface area contributed by atoms with Gasteiger partial charge in [0.05, 0.1) is 10.0 Å². The average Bonchev–Trinajstić information content (AvgIpc) is 2.18. The van der Waals surface area contributed by atoms with Crippen LogP contribution in [0.4, 0.5) is 0 Å². The molecule has 0 aliphatic rings. The molecule has 1 rings (SSSR count). The molecule has 0 aliphatic carbocycles. The number of halogens is 2. The molecule has 0 bridgehead atoms. The monoisotopic (exact) mass is 286 g/mol. The highest BCUT2D eigenvalue weighted by molar-refractivity contribution is 6.43. The predicted molar refractivity (Wildman–Crippen MR) is 78.6 cm³/mol. The lowest BCUT2D eigenvalue weighted by molar-refractivity contribution is 0.0954. The summed E-state index contributed by atoms with van der Waals surface area (Å²) in [4.78, 5) is 12.2. The van der Waals surface area contributed by atoms with Gasteiger partial charge in [-0.05, 0) is 29.9 Å². The Morgan fingerprint density at radius 1 is 1.28 bits per heavy atom. The van der Waals surface area contributed by atoms with Crippen molar-refractivity contribution in [1.29, 1.82) is 0 Å². The first-order chi connectivity index (χ1) is 8.20. The van der Waals surface area contributed by atoms with Gasteiger partial charge >= 0.3 is 0 Å². The van der Waals surface area contributed by atoms with Gasteiger partial charge < -0.3 is 0 Å². The van der Waals surface area contributed by atoms with E-state index in [4.69, 9.17) is 23.2 Å². The van der Waals surface area contributed by atoms with Gasteiger partial charge in [0.2, 0.25) is 0 Å². The van der Waals surface area contributed by atoms with Crippen molar-refractivity contribution < 1.29 is 4.79 Å². The third kappa shape index (κ3) is 4.62. The zero-order valence-corrected chi connectivity index (χ0v) is 12.9. The van der Waals surface area contributed by atoms with E-state index < -0.39 is 0 Å². The van der Waals surface area contributed by atoms with E-state index in [2.05, 4.69) is 27.7 Å². The number of benzene rings is 1. The second-order valence-corrected chi connectivity index (χ2v) is 6.88. The summed E-state index contributed by atoms with van der Waals surface area (Å²) in [5.41, 5.74) is 0.766. The Balaban J connectivity index is 2.74. The lowest BCUT2D eigenvalue weighted by atomic mass is 9.83. The van der Waals surface area contributed by atoms with Crippen LogP contribution in [0.2, 0.25) is 10.0 Å². The fourth-order valence-electron chi connectivity index (χ4n) is 2.26. The summed E-state index contributed by atoms with van der Waals surface area (Å²) < 4.78 is 0. The van der Waals surface area contributed by atoms with Gasteiger partial charge in [-0.2, -0.15) is 0 Å². The summed E-state index contributed by atoms with van der Waals surface area (Å²) in [6.07, 6.45) is 1.52. The van der Waals surface area contributed by atoms with Crippen molar-refractivity contribution in [3.63, 3.8) is 0 Å². The minimum Gasteiger partial charge on any atom is -0.294 e. The molecule has 0 N–H and O–H groups in total. The Hall–Kier alpha value is -0.530. The van der Waals surface area contributed by atoms with Crippen LogP contribution in [-0.2, 0) is 0 Å². The third-order valence-electron chi connectivity index (χ3n) is 2.75. The minimum atomic E-state index is 0.0688. The van der Waals surface area contributed by atoms with Crippen LogP contribution in [0, 0.1) is 11.3 Å². The topological polar surface area (TPSA) is 17.1 Å². The average molecular weight is 287 g/mol. The second-order valence-electron chi connectivity index (χ2n) is 6.10. The first-order valence-electron chi connectivity index (χ1n) is 6.18. The van der Waals surface area contributed by atoms with Crippen LogP contribution in [0.3, 0.4) is 0 Å². The number of carbonyl (C=O) groups excluding carboxylic acids is 1. The lowest BCUT2D eigenvalue weighted by Crippen LogP contribution is -2.14. The largest absolute Gasteiger partial charge is 0.294 e. The highest BCUT2D eigenvalue weighted by Gasteiger charge is 2.20. The first kappa shape index (κ1) is 15.5. The molecule has 0 aliphatic heterocycles. The molecule has 1 unspecified atom stereocenters. The van der Waals surface area contributed by atoms with Gasteiger partial charge in [-0.15, -0.1) is 0 Å². The Kier molecular flexibility index (Phi) is 5.24. The fourth-order valence-corrected chi connectivity index (χ4v) is 2.67. The molecule has 1 aromatic rings. The molecule has 0 amide bonds. The Bertz CT molecular complexity index is 433. The van der Waals surface area contributed by atoms with Gasteiger partial charge in [0.1, 0.15) is 0 Å². The molecule has 1 aromatic carbocycles. The molecule has 100 valence electrons. The number of Topliss-reactive ketones (excluding diaryl/α,β-unsaturated/α-hetero) is 1. The van der Waals surface area contributed by atoms with Crippen LogP contribution >= 0.6 is 23.2 Å². The maximum Gasteiger partial charge on any atom is 0.164 e. The minimum absolute atomic E-state index is 0.0688. The molecule has 1 nitrogen and oxygen atoms in total. The zero-order valence-electron chi connectivity index (χ0n) is 11.4. The fraction of sp³-hybridized carbons (Fsp3) is 0.533. The van der Waals surface area contributed by atoms with Gasteiger partial charge in [0, 0.05) is 12.0 Å². The van der Waals surface area contributed by atoms with Crippen molar-refractivity contribution in [2.24, 2.45) is 11.3 Å². The van der Waals surface area contributed by atoms with Crippen LogP contribution in [0.15, 0.2) is 18.2 Å². The van der Waals surface area contributed by atoms with Gasteiger partial charge in [-0.25, -0.2) is 0 Å². The molecule has 0 fully saturated rings. The van der Waals surface area contributed by atoms with E-state index in [1.165, 1.54) is 0 Å². The molecule has 0 aromatic heterocycles. The van der Waals surface area contributed by atoms with E-state index in [0.29, 0.717) is 27.9 Å². The summed E-state index contributed by atoms with van der Waals surface area (Å²) >= 11 is 12.0. The summed E-state index contributed by atoms with van der Waals surface area (Å²) in [6, 6.07) is 5.19. The molecule has 0 saturated carbocycles.